The summed E-state index contributed by atoms with van der Waals surface area (Å²) in [5.41, 5.74) is 1.06. The van der Waals surface area contributed by atoms with E-state index < -0.39 is 0 Å². The van der Waals surface area contributed by atoms with E-state index in [9.17, 15) is 4.79 Å². The van der Waals surface area contributed by atoms with E-state index in [1.807, 2.05) is 50.5 Å². The molecule has 2 fully saturated rings. The van der Waals surface area contributed by atoms with Crippen molar-refractivity contribution < 1.29 is 14.3 Å². The molecule has 8 heteroatoms. The molecule has 0 spiro atoms. The molecule has 0 saturated carbocycles. The highest BCUT2D eigenvalue weighted by Gasteiger charge is 2.26. The predicted octanol–water partition coefficient (Wildman–Crippen LogP) is 2.95. The summed E-state index contributed by atoms with van der Waals surface area (Å²) in [6, 6.07) is 9.89. The maximum Gasteiger partial charge on any atom is 0.227 e. The lowest BCUT2D eigenvalue weighted by Gasteiger charge is -2.23. The molecule has 3 atom stereocenters. The Morgan fingerprint density at radius 3 is 2.84 bits per heavy atom. The molecule has 1 aromatic carbocycles. The Labute approximate surface area is 189 Å². The number of hydrogen-bond donors (Lipinski definition) is 1. The molecule has 0 unspecified atom stereocenters. The van der Waals surface area contributed by atoms with Crippen molar-refractivity contribution in [2.24, 2.45) is 0 Å². The zero-order valence-electron chi connectivity index (χ0n) is 19.2. The zero-order chi connectivity index (χ0) is 22.5. The summed E-state index contributed by atoms with van der Waals surface area (Å²) in [5, 5.41) is 2.90. The second-order valence-electron chi connectivity index (χ2n) is 8.70. The predicted molar refractivity (Wildman–Crippen MR) is 124 cm³/mol. The lowest BCUT2D eigenvalue weighted by atomic mass is 10.1. The number of carbonyl (C=O) groups is 1. The van der Waals surface area contributed by atoms with E-state index in [-0.39, 0.29) is 24.2 Å². The quantitative estimate of drug-likeness (QED) is 0.677. The van der Waals surface area contributed by atoms with E-state index in [2.05, 4.69) is 20.1 Å². The van der Waals surface area contributed by atoms with Gasteiger partial charge in [0.05, 0.1) is 18.7 Å². The van der Waals surface area contributed by atoms with E-state index in [0.717, 1.165) is 68.6 Å². The smallest absolute Gasteiger partial charge is 0.227 e. The maximum atomic E-state index is 11.3. The number of benzene rings is 1. The lowest BCUT2D eigenvalue weighted by Crippen LogP contribution is -2.31. The number of nitrogens with zero attached hydrogens (tertiary/aromatic N) is 4. The van der Waals surface area contributed by atoms with E-state index in [4.69, 9.17) is 14.5 Å². The molecule has 1 N–H and O–H groups in total. The highest BCUT2D eigenvalue weighted by atomic mass is 16.5. The normalized spacial score (nSPS) is 21.4. The minimum Gasteiger partial charge on any atom is -0.489 e. The molecular formula is C24H33N5O3. The third-order valence-corrected chi connectivity index (χ3v) is 6.04. The molecule has 2 aromatic rings. The molecule has 1 amide bonds. The van der Waals surface area contributed by atoms with Crippen LogP contribution in [0, 0.1) is 0 Å². The van der Waals surface area contributed by atoms with Gasteiger partial charge in [0, 0.05) is 46.3 Å². The number of nitrogens with one attached hydrogen (secondary N) is 1. The molecule has 0 aliphatic carbocycles. The Bertz CT molecular complexity index is 901. The summed E-state index contributed by atoms with van der Waals surface area (Å²) in [5.74, 6) is 2.47. The Morgan fingerprint density at radius 2 is 2.12 bits per heavy atom. The van der Waals surface area contributed by atoms with Gasteiger partial charge in [-0.2, -0.15) is 4.98 Å². The number of rotatable bonds is 8. The van der Waals surface area contributed by atoms with Gasteiger partial charge in [0.2, 0.25) is 11.9 Å². The molecule has 2 saturated heterocycles. The van der Waals surface area contributed by atoms with Crippen LogP contribution in [-0.2, 0) is 9.53 Å². The molecule has 4 rings (SSSR count). The first kappa shape index (κ1) is 22.3. The van der Waals surface area contributed by atoms with E-state index in [1.54, 1.807) is 0 Å². The molecule has 8 nitrogen and oxygen atoms in total. The third kappa shape index (κ3) is 5.68. The van der Waals surface area contributed by atoms with Crippen LogP contribution in [0.4, 0.5) is 11.8 Å². The van der Waals surface area contributed by atoms with Crippen LogP contribution < -0.4 is 19.9 Å². The Kier molecular flexibility index (Phi) is 7.09. The van der Waals surface area contributed by atoms with Crippen molar-refractivity contribution in [3.8, 4) is 5.75 Å². The van der Waals surface area contributed by atoms with Crippen molar-refractivity contribution in [1.29, 1.82) is 0 Å². The highest BCUT2D eigenvalue weighted by molar-refractivity contribution is 5.73. The van der Waals surface area contributed by atoms with Gasteiger partial charge in [0.25, 0.3) is 0 Å². The van der Waals surface area contributed by atoms with Gasteiger partial charge in [-0.1, -0.05) is 12.1 Å². The SMILES string of the molecule is CC(=O)N[C@@H](C)c1ccc(O[C@@H]2CCN(c3ccnc(N(C)C[C@@H]4CCCO4)n3)C2)cc1. The van der Waals surface area contributed by atoms with Crippen LogP contribution in [0.25, 0.3) is 0 Å². The first-order chi connectivity index (χ1) is 15.5. The van der Waals surface area contributed by atoms with Crippen molar-refractivity contribution in [3.63, 3.8) is 0 Å². The first-order valence-electron chi connectivity index (χ1n) is 11.4. The van der Waals surface area contributed by atoms with Crippen molar-refractivity contribution >= 4 is 17.7 Å². The van der Waals surface area contributed by atoms with E-state index >= 15 is 0 Å². The number of amides is 1. The van der Waals surface area contributed by atoms with Crippen LogP contribution in [0.3, 0.4) is 0 Å². The van der Waals surface area contributed by atoms with Gasteiger partial charge in [-0.05, 0) is 43.5 Å². The fourth-order valence-electron chi connectivity index (χ4n) is 4.32. The highest BCUT2D eigenvalue weighted by Crippen LogP contribution is 2.25. The van der Waals surface area contributed by atoms with Gasteiger partial charge in [-0.3, -0.25) is 4.79 Å². The molecule has 2 aliphatic heterocycles. The summed E-state index contributed by atoms with van der Waals surface area (Å²) in [7, 11) is 2.02. The van der Waals surface area contributed by atoms with Crippen LogP contribution in [0.2, 0.25) is 0 Å². The topological polar surface area (TPSA) is 79.8 Å². The Balaban J connectivity index is 1.32. The van der Waals surface area contributed by atoms with Crippen molar-refractivity contribution in [2.75, 3.05) is 43.1 Å². The Hall–Kier alpha value is -2.87. The molecule has 0 radical (unpaired) electrons. The second-order valence-corrected chi connectivity index (χ2v) is 8.70. The number of aromatic nitrogens is 2. The van der Waals surface area contributed by atoms with E-state index in [1.165, 1.54) is 6.92 Å². The van der Waals surface area contributed by atoms with Crippen LogP contribution in [-0.4, -0.2) is 61.4 Å². The van der Waals surface area contributed by atoms with Crippen LogP contribution in [0.1, 0.15) is 44.7 Å². The summed E-state index contributed by atoms with van der Waals surface area (Å²) in [6.07, 6.45) is 5.37. The molecule has 172 valence electrons. The molecular weight excluding hydrogens is 406 g/mol. The van der Waals surface area contributed by atoms with Gasteiger partial charge >= 0.3 is 0 Å². The van der Waals surface area contributed by atoms with E-state index in [0.29, 0.717) is 0 Å². The monoisotopic (exact) mass is 439 g/mol. The summed E-state index contributed by atoms with van der Waals surface area (Å²) >= 11 is 0. The van der Waals surface area contributed by atoms with Crippen LogP contribution in [0.5, 0.6) is 5.75 Å². The summed E-state index contributed by atoms with van der Waals surface area (Å²) < 4.78 is 12.0. The second kappa shape index (κ2) is 10.2. The fourth-order valence-corrected chi connectivity index (χ4v) is 4.32. The number of anilines is 2. The molecule has 2 aliphatic rings. The van der Waals surface area contributed by atoms with Gasteiger partial charge in [-0.25, -0.2) is 4.98 Å². The average molecular weight is 440 g/mol. The van der Waals surface area contributed by atoms with Gasteiger partial charge in [-0.15, -0.1) is 0 Å². The zero-order valence-corrected chi connectivity index (χ0v) is 19.2. The summed E-state index contributed by atoms with van der Waals surface area (Å²) in [6.45, 7) is 6.85. The first-order valence-corrected chi connectivity index (χ1v) is 11.4. The Morgan fingerprint density at radius 1 is 1.31 bits per heavy atom. The molecule has 1 aromatic heterocycles. The number of ether oxygens (including phenoxy) is 2. The minimum absolute atomic E-state index is 0.0196. The van der Waals surface area contributed by atoms with Gasteiger partial charge < -0.3 is 24.6 Å². The number of carbonyl (C=O) groups excluding carboxylic acids is 1. The van der Waals surface area contributed by atoms with Gasteiger partial charge in [0.15, 0.2) is 0 Å². The standard InChI is InChI=1S/C24H33N5O3/c1-17(26-18(2)30)19-6-8-20(9-7-19)32-22-11-13-29(16-22)23-10-12-25-24(27-23)28(3)15-21-5-4-14-31-21/h6-10,12,17,21-22H,4-5,11,13-16H2,1-3H3,(H,26,30)/t17-,21-,22+/m0/s1. The molecule has 3 heterocycles. The molecule has 32 heavy (non-hydrogen) atoms. The fraction of sp³-hybridized carbons (Fsp3) is 0.542. The van der Waals surface area contributed by atoms with Crippen LogP contribution >= 0.6 is 0 Å². The van der Waals surface area contributed by atoms with Crippen molar-refractivity contribution in [2.45, 2.75) is 51.4 Å². The van der Waals surface area contributed by atoms with Crippen molar-refractivity contribution in [3.05, 3.63) is 42.1 Å². The summed E-state index contributed by atoms with van der Waals surface area (Å²) in [4.78, 5) is 24.8. The lowest BCUT2D eigenvalue weighted by molar-refractivity contribution is -0.119. The maximum absolute atomic E-state index is 11.3. The number of likely N-dealkylation sites (N-methyl/N-ethyl adjacent to an activating group) is 1. The third-order valence-electron chi connectivity index (χ3n) is 6.04. The van der Waals surface area contributed by atoms with Crippen molar-refractivity contribution in [1.82, 2.24) is 15.3 Å². The largest absolute Gasteiger partial charge is 0.489 e. The van der Waals surface area contributed by atoms with Crippen LogP contribution in [0.15, 0.2) is 36.5 Å². The minimum atomic E-state index is -0.0326. The average Bonchev–Trinajstić information content (AvgIpc) is 3.46. The molecule has 0 bridgehead atoms. The van der Waals surface area contributed by atoms with Gasteiger partial charge in [0.1, 0.15) is 17.7 Å². The number of hydrogen-bond acceptors (Lipinski definition) is 7.